The van der Waals surface area contributed by atoms with Gasteiger partial charge in [-0.05, 0) is 19.0 Å². The van der Waals surface area contributed by atoms with Gasteiger partial charge in [0.2, 0.25) is 0 Å². The number of hydrogen-bond donors (Lipinski definition) is 2. The third-order valence-corrected chi connectivity index (χ3v) is 2.54. The van der Waals surface area contributed by atoms with Crippen LogP contribution in [0.2, 0.25) is 0 Å². The zero-order valence-electron chi connectivity index (χ0n) is 8.96. The molecule has 2 heteroatoms. The number of aliphatic hydroxyl groups is 1. The summed E-state index contributed by atoms with van der Waals surface area (Å²) >= 11 is 0. The van der Waals surface area contributed by atoms with Crippen molar-refractivity contribution in [3.8, 4) is 0 Å². The van der Waals surface area contributed by atoms with Crippen LogP contribution in [-0.2, 0) is 6.42 Å². The van der Waals surface area contributed by atoms with Gasteiger partial charge >= 0.3 is 0 Å². The number of nitrogens with one attached hydrogen (secondary N) is 1. The number of likely N-dealkylation sites (N-methyl/N-ethyl adjacent to an activating group) is 1. The van der Waals surface area contributed by atoms with Gasteiger partial charge in [-0.15, -0.1) is 0 Å². The van der Waals surface area contributed by atoms with Crippen molar-refractivity contribution in [2.75, 3.05) is 13.6 Å². The first-order valence-corrected chi connectivity index (χ1v) is 5.11. The monoisotopic (exact) mass is 193 g/mol. The van der Waals surface area contributed by atoms with Crippen LogP contribution in [-0.4, -0.2) is 24.3 Å². The van der Waals surface area contributed by atoms with E-state index in [1.807, 2.05) is 32.2 Å². The Hall–Kier alpha value is -0.860. The zero-order chi connectivity index (χ0) is 10.4. The molecule has 0 amide bonds. The van der Waals surface area contributed by atoms with Gasteiger partial charge in [0.25, 0.3) is 0 Å². The van der Waals surface area contributed by atoms with E-state index < -0.39 is 5.60 Å². The van der Waals surface area contributed by atoms with Crippen LogP contribution >= 0.6 is 0 Å². The predicted octanol–water partition coefficient (Wildman–Crippen LogP) is 1.59. The average Bonchev–Trinajstić information content (AvgIpc) is 2.20. The van der Waals surface area contributed by atoms with Crippen molar-refractivity contribution in [2.45, 2.75) is 25.4 Å². The van der Waals surface area contributed by atoms with E-state index in [4.69, 9.17) is 0 Å². The summed E-state index contributed by atoms with van der Waals surface area (Å²) in [5.74, 6) is 0. The minimum atomic E-state index is -0.615. The quantitative estimate of drug-likeness (QED) is 0.744. The van der Waals surface area contributed by atoms with Crippen molar-refractivity contribution < 1.29 is 5.11 Å². The van der Waals surface area contributed by atoms with Gasteiger partial charge in [-0.3, -0.25) is 0 Å². The lowest BCUT2D eigenvalue weighted by Gasteiger charge is -2.26. The summed E-state index contributed by atoms with van der Waals surface area (Å²) in [6.45, 7) is 2.65. The topological polar surface area (TPSA) is 32.3 Å². The molecule has 0 aromatic heterocycles. The molecule has 0 saturated carbocycles. The smallest absolute Gasteiger partial charge is 0.0808 e. The Labute approximate surface area is 86.0 Å². The van der Waals surface area contributed by atoms with Crippen molar-refractivity contribution in [1.29, 1.82) is 0 Å². The van der Waals surface area contributed by atoms with Crippen LogP contribution in [0.25, 0.3) is 0 Å². The maximum atomic E-state index is 10.2. The fourth-order valence-corrected chi connectivity index (χ4v) is 1.62. The molecule has 0 aliphatic rings. The summed E-state index contributed by atoms with van der Waals surface area (Å²) in [5.41, 5.74) is 0.572. The molecule has 0 saturated heterocycles. The summed E-state index contributed by atoms with van der Waals surface area (Å²) < 4.78 is 0. The van der Waals surface area contributed by atoms with Crippen LogP contribution in [0, 0.1) is 0 Å². The van der Waals surface area contributed by atoms with Gasteiger partial charge in [0.15, 0.2) is 0 Å². The molecular formula is C12H19NO. The summed E-state index contributed by atoms with van der Waals surface area (Å²) in [6, 6.07) is 10.1. The molecule has 2 nitrogen and oxygen atoms in total. The summed E-state index contributed by atoms with van der Waals surface area (Å²) in [7, 11) is 1.87. The highest BCUT2D eigenvalue weighted by molar-refractivity contribution is 5.17. The fourth-order valence-electron chi connectivity index (χ4n) is 1.62. The Morgan fingerprint density at radius 1 is 1.29 bits per heavy atom. The largest absolute Gasteiger partial charge is 0.388 e. The van der Waals surface area contributed by atoms with E-state index in [9.17, 15) is 5.11 Å². The molecule has 14 heavy (non-hydrogen) atoms. The number of benzene rings is 1. The lowest BCUT2D eigenvalue weighted by Crippen LogP contribution is -2.40. The maximum absolute atomic E-state index is 10.2. The van der Waals surface area contributed by atoms with Gasteiger partial charge in [0.1, 0.15) is 0 Å². The van der Waals surface area contributed by atoms with Gasteiger partial charge < -0.3 is 10.4 Å². The first kappa shape index (κ1) is 11.2. The third kappa shape index (κ3) is 3.13. The zero-order valence-corrected chi connectivity index (χ0v) is 8.96. The van der Waals surface area contributed by atoms with Crippen LogP contribution in [0.3, 0.4) is 0 Å². The van der Waals surface area contributed by atoms with Crippen LogP contribution in [0.15, 0.2) is 30.3 Å². The van der Waals surface area contributed by atoms with Gasteiger partial charge in [-0.2, -0.15) is 0 Å². The molecule has 1 unspecified atom stereocenters. The molecule has 0 radical (unpaired) electrons. The second-order valence-corrected chi connectivity index (χ2v) is 3.77. The molecule has 0 heterocycles. The molecule has 0 spiro atoms. The third-order valence-electron chi connectivity index (χ3n) is 2.54. The lowest BCUT2D eigenvalue weighted by molar-refractivity contribution is 0.0386. The van der Waals surface area contributed by atoms with E-state index in [0.717, 1.165) is 6.42 Å². The molecular weight excluding hydrogens is 174 g/mol. The first-order chi connectivity index (χ1) is 6.70. The first-order valence-electron chi connectivity index (χ1n) is 5.11. The van der Waals surface area contributed by atoms with E-state index >= 15 is 0 Å². The van der Waals surface area contributed by atoms with Crippen molar-refractivity contribution in [3.63, 3.8) is 0 Å². The second-order valence-electron chi connectivity index (χ2n) is 3.77. The van der Waals surface area contributed by atoms with Crippen molar-refractivity contribution >= 4 is 0 Å². The Balaban J connectivity index is 2.65. The highest BCUT2D eigenvalue weighted by Gasteiger charge is 2.23. The van der Waals surface area contributed by atoms with Crippen LogP contribution in [0.4, 0.5) is 0 Å². The fraction of sp³-hybridized carbons (Fsp3) is 0.500. The highest BCUT2D eigenvalue weighted by atomic mass is 16.3. The Kier molecular flexibility index (Phi) is 4.11. The normalized spacial score (nSPS) is 15.1. The Bertz CT molecular complexity index is 260. The lowest BCUT2D eigenvalue weighted by atomic mass is 9.92. The van der Waals surface area contributed by atoms with Gasteiger partial charge in [0.05, 0.1) is 5.60 Å². The molecule has 0 aliphatic carbocycles. The SMILES string of the molecule is CCC(O)(CNC)Cc1ccccc1. The Morgan fingerprint density at radius 2 is 1.93 bits per heavy atom. The second kappa shape index (κ2) is 5.13. The van der Waals surface area contributed by atoms with Crippen molar-refractivity contribution in [1.82, 2.24) is 5.32 Å². The van der Waals surface area contributed by atoms with Crippen molar-refractivity contribution in [2.24, 2.45) is 0 Å². The van der Waals surface area contributed by atoms with E-state index in [0.29, 0.717) is 13.0 Å². The molecule has 0 bridgehead atoms. The summed E-state index contributed by atoms with van der Waals surface area (Å²) in [6.07, 6.45) is 1.48. The predicted molar refractivity (Wildman–Crippen MR) is 59.3 cm³/mol. The standard InChI is InChI=1S/C12H19NO/c1-3-12(14,10-13-2)9-11-7-5-4-6-8-11/h4-8,13-14H,3,9-10H2,1-2H3. The van der Waals surface area contributed by atoms with E-state index in [1.54, 1.807) is 0 Å². The number of hydrogen-bond acceptors (Lipinski definition) is 2. The minimum absolute atomic E-state index is 0.615. The van der Waals surface area contributed by atoms with E-state index in [-0.39, 0.29) is 0 Å². The van der Waals surface area contributed by atoms with Gasteiger partial charge in [-0.1, -0.05) is 37.3 Å². The summed E-state index contributed by atoms with van der Waals surface area (Å²) in [5, 5.41) is 13.2. The molecule has 78 valence electrons. The maximum Gasteiger partial charge on any atom is 0.0808 e. The minimum Gasteiger partial charge on any atom is -0.388 e. The van der Waals surface area contributed by atoms with Crippen LogP contribution < -0.4 is 5.32 Å². The van der Waals surface area contributed by atoms with Gasteiger partial charge in [-0.25, -0.2) is 0 Å². The molecule has 1 atom stereocenters. The average molecular weight is 193 g/mol. The number of rotatable bonds is 5. The van der Waals surface area contributed by atoms with E-state index in [2.05, 4.69) is 17.4 Å². The molecule has 1 rings (SSSR count). The molecule has 0 fully saturated rings. The van der Waals surface area contributed by atoms with E-state index in [1.165, 1.54) is 5.56 Å². The highest BCUT2D eigenvalue weighted by Crippen LogP contribution is 2.16. The molecule has 1 aromatic carbocycles. The van der Waals surface area contributed by atoms with Crippen LogP contribution in [0.1, 0.15) is 18.9 Å². The molecule has 1 aromatic rings. The Morgan fingerprint density at radius 3 is 2.43 bits per heavy atom. The summed E-state index contributed by atoms with van der Waals surface area (Å²) in [4.78, 5) is 0. The molecule has 2 N–H and O–H groups in total. The van der Waals surface area contributed by atoms with Gasteiger partial charge in [0, 0.05) is 13.0 Å². The molecule has 0 aliphatic heterocycles. The van der Waals surface area contributed by atoms with Crippen LogP contribution in [0.5, 0.6) is 0 Å². The van der Waals surface area contributed by atoms with Crippen molar-refractivity contribution in [3.05, 3.63) is 35.9 Å².